The highest BCUT2D eigenvalue weighted by Crippen LogP contribution is 2.54. The molecule has 0 spiro atoms. The molecule has 1 amide bonds. The van der Waals surface area contributed by atoms with Crippen molar-refractivity contribution in [2.24, 2.45) is 11.8 Å². The van der Waals surface area contributed by atoms with Gasteiger partial charge >= 0.3 is 0 Å². The van der Waals surface area contributed by atoms with Gasteiger partial charge in [0.15, 0.2) is 11.4 Å². The van der Waals surface area contributed by atoms with Crippen molar-refractivity contribution >= 4 is 46.2 Å². The maximum absolute atomic E-state index is 13.9. The Morgan fingerprint density at radius 2 is 1.86 bits per heavy atom. The average Bonchev–Trinajstić information content (AvgIpc) is 3.27. The minimum absolute atomic E-state index is 0.0566. The maximum Gasteiger partial charge on any atom is 0.258 e. The Bertz CT molecular complexity index is 1440. The highest BCUT2D eigenvalue weighted by Gasteiger charge is 2.64. The van der Waals surface area contributed by atoms with Crippen LogP contribution in [0.4, 0.5) is 0 Å². The van der Waals surface area contributed by atoms with Crippen molar-refractivity contribution in [3.8, 4) is 16.2 Å². The monoisotopic (exact) mass is 544 g/mol. The number of amides is 1. The summed E-state index contributed by atoms with van der Waals surface area (Å²) in [6.45, 7) is 0. The number of carbonyl (C=O) groups is 3. The molecule has 5 N–H and O–H groups in total. The predicted molar refractivity (Wildman–Crippen MR) is 137 cm³/mol. The lowest BCUT2D eigenvalue weighted by molar-refractivity contribution is -0.153. The van der Waals surface area contributed by atoms with E-state index in [-0.39, 0.29) is 29.7 Å². The number of fused-ring (bicyclic) bond motifs is 3. The van der Waals surface area contributed by atoms with Crippen LogP contribution in [0.1, 0.15) is 17.5 Å². The number of hydrogen-bond donors (Lipinski definition) is 5. The number of benzene rings is 1. The van der Waals surface area contributed by atoms with E-state index in [1.54, 1.807) is 26.2 Å². The normalized spacial score (nSPS) is 27.2. The molecule has 2 aromatic rings. The summed E-state index contributed by atoms with van der Waals surface area (Å²) in [7, 11) is 4.45. The van der Waals surface area contributed by atoms with Gasteiger partial charge in [0.25, 0.3) is 5.91 Å². The number of ketones is 2. The van der Waals surface area contributed by atoms with Gasteiger partial charge in [0.1, 0.15) is 22.8 Å². The van der Waals surface area contributed by atoms with Crippen LogP contribution < -0.4 is 5.32 Å². The molecule has 1 heterocycles. The first-order valence-corrected chi connectivity index (χ1v) is 12.8. The molecule has 11 heteroatoms. The van der Waals surface area contributed by atoms with Crippen molar-refractivity contribution < 1.29 is 34.8 Å². The first-order valence-electron chi connectivity index (χ1n) is 11.6. The zero-order valence-corrected chi connectivity index (χ0v) is 21.8. The number of nitrogens with zero attached hydrogens (tertiary/aromatic N) is 1. The zero-order valence-electron chi connectivity index (χ0n) is 20.2. The van der Waals surface area contributed by atoms with Gasteiger partial charge < -0.3 is 25.7 Å². The number of aromatic hydroxyl groups is 1. The highest BCUT2D eigenvalue weighted by molar-refractivity contribution is 7.19. The summed E-state index contributed by atoms with van der Waals surface area (Å²) in [4.78, 5) is 42.1. The Morgan fingerprint density at radius 3 is 2.46 bits per heavy atom. The van der Waals surface area contributed by atoms with Crippen LogP contribution >= 0.6 is 22.9 Å². The summed E-state index contributed by atoms with van der Waals surface area (Å²) in [5.74, 6) is -6.12. The molecule has 0 radical (unpaired) electrons. The van der Waals surface area contributed by atoms with E-state index in [1.807, 2.05) is 6.07 Å². The third-order valence-corrected chi connectivity index (χ3v) is 8.92. The molecule has 4 unspecified atom stereocenters. The lowest BCUT2D eigenvalue weighted by atomic mass is 9.57. The average molecular weight is 545 g/mol. The number of Topliss-reactive ketones (excluding diaryl/α,β-unsaturated/α-hetero) is 2. The molecule has 0 bridgehead atoms. The zero-order chi connectivity index (χ0) is 27.0. The second-order valence-electron chi connectivity index (χ2n) is 9.77. The van der Waals surface area contributed by atoms with Crippen molar-refractivity contribution in [3.63, 3.8) is 0 Å². The number of likely N-dealkylation sites (N-methyl/N-ethyl adjacent to an activating group) is 2. The molecule has 0 saturated heterocycles. The van der Waals surface area contributed by atoms with Gasteiger partial charge in [-0.15, -0.1) is 11.3 Å². The molecular weight excluding hydrogens is 520 g/mol. The number of aliphatic hydroxyl groups excluding tert-OH is 2. The molecule has 0 aliphatic heterocycles. The highest BCUT2D eigenvalue weighted by atomic mass is 35.5. The summed E-state index contributed by atoms with van der Waals surface area (Å²) >= 11 is 7.47. The number of thiophene rings is 1. The van der Waals surface area contributed by atoms with Gasteiger partial charge in [-0.05, 0) is 68.2 Å². The molecule has 3 aliphatic carbocycles. The molecule has 5 rings (SSSR count). The van der Waals surface area contributed by atoms with Crippen LogP contribution in [-0.4, -0.2) is 75.6 Å². The molecule has 1 saturated carbocycles. The Labute approximate surface area is 221 Å². The van der Waals surface area contributed by atoms with Crippen LogP contribution in [0.25, 0.3) is 16.2 Å². The Kier molecular flexibility index (Phi) is 5.99. The van der Waals surface area contributed by atoms with Crippen molar-refractivity contribution in [1.82, 2.24) is 10.2 Å². The minimum Gasteiger partial charge on any atom is -0.508 e. The van der Waals surface area contributed by atoms with Crippen LogP contribution in [0, 0.1) is 11.8 Å². The number of halogens is 1. The van der Waals surface area contributed by atoms with E-state index in [0.717, 1.165) is 10.4 Å². The minimum atomic E-state index is -2.61. The second-order valence-corrected chi connectivity index (χ2v) is 11.5. The number of phenolic OH excluding ortho intramolecular Hbond substituents is 1. The van der Waals surface area contributed by atoms with E-state index in [0.29, 0.717) is 9.90 Å². The molecule has 37 heavy (non-hydrogen) atoms. The number of hydrogen-bond acceptors (Lipinski definition) is 9. The third kappa shape index (κ3) is 3.47. The van der Waals surface area contributed by atoms with Crippen molar-refractivity contribution in [2.45, 2.75) is 24.5 Å². The van der Waals surface area contributed by atoms with E-state index in [4.69, 9.17) is 11.6 Å². The van der Waals surface area contributed by atoms with E-state index in [2.05, 4.69) is 5.32 Å². The van der Waals surface area contributed by atoms with Gasteiger partial charge in [-0.2, -0.15) is 0 Å². The van der Waals surface area contributed by atoms with Gasteiger partial charge in [0, 0.05) is 23.4 Å². The van der Waals surface area contributed by atoms with Gasteiger partial charge in [-0.3, -0.25) is 19.3 Å². The Hall–Kier alpha value is -3.18. The lowest BCUT2D eigenvalue weighted by Crippen LogP contribution is -2.65. The van der Waals surface area contributed by atoms with Crippen LogP contribution in [-0.2, 0) is 20.8 Å². The summed E-state index contributed by atoms with van der Waals surface area (Å²) in [6, 6.07) is 5.61. The van der Waals surface area contributed by atoms with Gasteiger partial charge in [-0.25, -0.2) is 0 Å². The Morgan fingerprint density at radius 1 is 1.16 bits per heavy atom. The van der Waals surface area contributed by atoms with E-state index < -0.39 is 58.0 Å². The van der Waals surface area contributed by atoms with E-state index >= 15 is 0 Å². The molecular formula is C26H25ClN2O7S. The van der Waals surface area contributed by atoms with Crippen LogP contribution in [0.5, 0.6) is 5.75 Å². The maximum atomic E-state index is 13.9. The Balaban J connectivity index is 1.74. The number of carbonyl (C=O) groups excluding carboxylic acids is 3. The van der Waals surface area contributed by atoms with Crippen LogP contribution in [0.2, 0.25) is 4.34 Å². The standard InChI is InChI=1S/C26H25ClN2O7S/c1-28-25(35)19-22(32)20(29(2)3)13-9-10-8-12-11(15-6-7-16(27)37-15)4-5-14(30)18(12)21(31)17(10)23(33)26(13,36)24(19)34/h4-7,10,13,20,30-31,34,36H,8-9H2,1-3H3,(H,28,35). The van der Waals surface area contributed by atoms with Gasteiger partial charge in [0.2, 0.25) is 5.78 Å². The molecule has 194 valence electrons. The smallest absolute Gasteiger partial charge is 0.258 e. The number of rotatable bonds is 3. The van der Waals surface area contributed by atoms with E-state index in [9.17, 15) is 34.8 Å². The van der Waals surface area contributed by atoms with Crippen LogP contribution in [0.3, 0.4) is 0 Å². The summed E-state index contributed by atoms with van der Waals surface area (Å²) < 4.78 is 0.565. The second kappa shape index (κ2) is 8.70. The van der Waals surface area contributed by atoms with Crippen LogP contribution in [0.15, 0.2) is 41.2 Å². The fraction of sp³-hybridized carbons (Fsp3) is 0.346. The first-order chi connectivity index (χ1) is 17.4. The predicted octanol–water partition coefficient (Wildman–Crippen LogP) is 2.61. The van der Waals surface area contributed by atoms with Crippen molar-refractivity contribution in [2.75, 3.05) is 21.1 Å². The van der Waals surface area contributed by atoms with Gasteiger partial charge in [-0.1, -0.05) is 11.6 Å². The molecule has 1 aromatic carbocycles. The topological polar surface area (TPSA) is 147 Å². The first kappa shape index (κ1) is 25.5. The van der Waals surface area contributed by atoms with E-state index in [1.165, 1.54) is 29.4 Å². The molecule has 1 aromatic heterocycles. The SMILES string of the molecule is CNC(=O)C1=C(O)C2(O)C(=O)C3=C(O)c4c(O)ccc(-c5ccc(Cl)s5)c4CC3CC2C(N(C)C)C1=O. The fourth-order valence-corrected chi connectivity index (χ4v) is 7.14. The molecule has 3 aliphatic rings. The fourth-order valence-electron chi connectivity index (χ4n) is 6.04. The lowest BCUT2D eigenvalue weighted by Gasteiger charge is -2.50. The largest absolute Gasteiger partial charge is 0.508 e. The summed E-state index contributed by atoms with van der Waals surface area (Å²) in [5.41, 5.74) is -2.05. The van der Waals surface area contributed by atoms with Crippen molar-refractivity contribution in [1.29, 1.82) is 0 Å². The number of phenols is 1. The molecule has 1 fully saturated rings. The molecule has 4 atom stereocenters. The summed E-state index contributed by atoms with van der Waals surface area (Å²) in [6.07, 6.45) is 0.286. The van der Waals surface area contributed by atoms with Crippen molar-refractivity contribution in [3.05, 3.63) is 56.6 Å². The third-order valence-electron chi connectivity index (χ3n) is 7.65. The van der Waals surface area contributed by atoms with Gasteiger partial charge in [0.05, 0.1) is 15.9 Å². The number of aliphatic hydroxyl groups is 3. The quantitative estimate of drug-likeness (QED) is 0.370. The molecule has 9 nitrogen and oxygen atoms in total. The summed E-state index contributed by atoms with van der Waals surface area (Å²) in [5, 5.41) is 47.1. The number of nitrogens with one attached hydrogen (secondary N) is 1.